The van der Waals surface area contributed by atoms with Crippen LogP contribution in [0.4, 0.5) is 16.0 Å². The lowest BCUT2D eigenvalue weighted by molar-refractivity contribution is 0.0697. The number of terminal acetylenes is 1. The van der Waals surface area contributed by atoms with E-state index < -0.39 is 23.3 Å². The number of nitrogens with zero attached hydrogens (tertiary/aromatic N) is 4. The number of carboxylic acids is 1. The molecule has 9 nitrogen and oxygen atoms in total. The molecule has 25 heavy (non-hydrogen) atoms. The monoisotopic (exact) mass is 340 g/mol. The number of rotatable bonds is 3. The van der Waals surface area contributed by atoms with Crippen LogP contribution in [0.15, 0.2) is 24.4 Å². The normalized spacial score (nSPS) is 10.4. The molecule has 4 N–H and O–H groups in total. The van der Waals surface area contributed by atoms with Gasteiger partial charge in [0.05, 0.1) is 16.8 Å². The summed E-state index contributed by atoms with van der Waals surface area (Å²) >= 11 is 0. The molecule has 10 heteroatoms. The molecular formula is C15H9FN6O3. The maximum absolute atomic E-state index is 13.7. The van der Waals surface area contributed by atoms with Crippen molar-refractivity contribution in [1.82, 2.24) is 19.6 Å². The van der Waals surface area contributed by atoms with Gasteiger partial charge in [-0.15, -0.1) is 11.5 Å². The van der Waals surface area contributed by atoms with Crippen molar-refractivity contribution >= 4 is 29.3 Å². The van der Waals surface area contributed by atoms with Crippen molar-refractivity contribution < 1.29 is 19.1 Å². The van der Waals surface area contributed by atoms with Crippen LogP contribution in [0, 0.1) is 18.2 Å². The van der Waals surface area contributed by atoms with Crippen molar-refractivity contribution in [3.63, 3.8) is 0 Å². The molecule has 0 aliphatic heterocycles. The van der Waals surface area contributed by atoms with Gasteiger partial charge in [-0.05, 0) is 18.2 Å². The molecule has 0 bridgehead atoms. The molecule has 3 rings (SSSR count). The summed E-state index contributed by atoms with van der Waals surface area (Å²) in [6, 6.07) is 3.13. The van der Waals surface area contributed by atoms with Gasteiger partial charge in [0, 0.05) is 6.20 Å². The van der Waals surface area contributed by atoms with E-state index >= 15 is 0 Å². The van der Waals surface area contributed by atoms with Gasteiger partial charge in [0.1, 0.15) is 11.5 Å². The Hall–Kier alpha value is -4.00. The second kappa shape index (κ2) is 5.89. The van der Waals surface area contributed by atoms with Crippen LogP contribution < -0.4 is 11.1 Å². The van der Waals surface area contributed by atoms with Crippen molar-refractivity contribution in [2.75, 3.05) is 11.1 Å². The van der Waals surface area contributed by atoms with Crippen LogP contribution in [-0.2, 0) is 0 Å². The summed E-state index contributed by atoms with van der Waals surface area (Å²) in [7, 11) is 0. The molecule has 2 heterocycles. The van der Waals surface area contributed by atoms with E-state index in [0.717, 1.165) is 12.1 Å². The summed E-state index contributed by atoms with van der Waals surface area (Å²) in [6.07, 6.45) is 6.57. The zero-order chi connectivity index (χ0) is 18.1. The highest BCUT2D eigenvalue weighted by Crippen LogP contribution is 2.21. The number of halogens is 1. The van der Waals surface area contributed by atoms with Gasteiger partial charge in [-0.3, -0.25) is 4.79 Å². The first-order chi connectivity index (χ1) is 11.9. The zero-order valence-corrected chi connectivity index (χ0v) is 12.4. The van der Waals surface area contributed by atoms with E-state index in [1.807, 2.05) is 0 Å². The number of carboxylic acid groups (broad SMARTS) is 1. The van der Waals surface area contributed by atoms with E-state index in [4.69, 9.17) is 17.3 Å². The van der Waals surface area contributed by atoms with Crippen LogP contribution in [-0.4, -0.2) is 36.6 Å². The number of benzene rings is 1. The van der Waals surface area contributed by atoms with Gasteiger partial charge >= 0.3 is 5.97 Å². The molecule has 0 spiro atoms. The fourth-order valence-corrected chi connectivity index (χ4v) is 2.07. The van der Waals surface area contributed by atoms with E-state index in [2.05, 4.69) is 26.3 Å². The van der Waals surface area contributed by atoms with Gasteiger partial charge in [0.2, 0.25) is 5.95 Å². The molecule has 0 saturated carbocycles. The number of fused-ring (bicyclic) bond motifs is 1. The highest BCUT2D eigenvalue weighted by molar-refractivity contribution is 6.07. The quantitative estimate of drug-likeness (QED) is 0.599. The van der Waals surface area contributed by atoms with Crippen molar-refractivity contribution in [3.05, 3.63) is 47.0 Å². The lowest BCUT2D eigenvalue weighted by atomic mass is 10.1. The number of amides is 1. The number of carbonyl (C=O) groups is 2. The molecule has 2 aromatic heterocycles. The topological polar surface area (TPSA) is 136 Å². The Morgan fingerprint density at radius 3 is 2.80 bits per heavy atom. The molecule has 0 aliphatic rings. The van der Waals surface area contributed by atoms with E-state index in [-0.39, 0.29) is 28.7 Å². The van der Waals surface area contributed by atoms with Gasteiger partial charge in [-0.2, -0.15) is 4.98 Å². The fourth-order valence-electron chi connectivity index (χ4n) is 2.07. The lowest BCUT2D eigenvalue weighted by Gasteiger charge is -2.09. The maximum atomic E-state index is 13.7. The standard InChI is InChI=1S/C15H9FN6O3/c1-2-7-5-11(8(13(24)25)6-9(7)16)18-12(23)10-3-4-22-15(19-10)20-14(17)21-22/h1,3-6H,(H2,17,21)(H,18,23)(H,24,25). The molecule has 0 aliphatic carbocycles. The van der Waals surface area contributed by atoms with Gasteiger partial charge in [0.25, 0.3) is 11.7 Å². The Labute approximate surface area is 139 Å². The van der Waals surface area contributed by atoms with Gasteiger partial charge in [-0.1, -0.05) is 5.92 Å². The van der Waals surface area contributed by atoms with Crippen LogP contribution in [0.5, 0.6) is 0 Å². The summed E-state index contributed by atoms with van der Waals surface area (Å²) in [4.78, 5) is 31.4. The Morgan fingerprint density at radius 1 is 1.36 bits per heavy atom. The van der Waals surface area contributed by atoms with Crippen molar-refractivity contribution in [3.8, 4) is 12.3 Å². The number of anilines is 2. The molecule has 0 atom stereocenters. The minimum Gasteiger partial charge on any atom is -0.478 e. The van der Waals surface area contributed by atoms with Crippen LogP contribution in [0.25, 0.3) is 5.78 Å². The molecule has 1 amide bonds. The minimum absolute atomic E-state index is 0.0181. The van der Waals surface area contributed by atoms with Gasteiger partial charge in [0.15, 0.2) is 0 Å². The average Bonchev–Trinajstić information content (AvgIpc) is 2.94. The highest BCUT2D eigenvalue weighted by atomic mass is 19.1. The molecule has 0 unspecified atom stereocenters. The maximum Gasteiger partial charge on any atom is 0.337 e. The number of aromatic nitrogens is 4. The number of nitrogens with two attached hydrogens (primary N) is 1. The third kappa shape index (κ3) is 2.93. The molecule has 124 valence electrons. The van der Waals surface area contributed by atoms with Crippen molar-refractivity contribution in [2.24, 2.45) is 0 Å². The summed E-state index contributed by atoms with van der Waals surface area (Å²) < 4.78 is 14.9. The Morgan fingerprint density at radius 2 is 2.12 bits per heavy atom. The van der Waals surface area contributed by atoms with Crippen molar-refractivity contribution in [1.29, 1.82) is 0 Å². The van der Waals surface area contributed by atoms with E-state index in [0.29, 0.717) is 0 Å². The third-order valence-electron chi connectivity index (χ3n) is 3.20. The number of hydrogen-bond acceptors (Lipinski definition) is 6. The van der Waals surface area contributed by atoms with Crippen LogP contribution in [0.1, 0.15) is 26.4 Å². The van der Waals surface area contributed by atoms with Crippen LogP contribution in [0.3, 0.4) is 0 Å². The first kappa shape index (κ1) is 15.9. The first-order valence-electron chi connectivity index (χ1n) is 6.72. The Balaban J connectivity index is 1.98. The predicted molar refractivity (Wildman–Crippen MR) is 84.4 cm³/mol. The SMILES string of the molecule is C#Cc1cc(NC(=O)c2ccn3nc(N)nc3n2)c(C(=O)O)cc1F. The highest BCUT2D eigenvalue weighted by Gasteiger charge is 2.18. The fraction of sp³-hybridized carbons (Fsp3) is 0. The van der Waals surface area contributed by atoms with Gasteiger partial charge < -0.3 is 16.2 Å². The molecule has 0 fully saturated rings. The number of hydrogen-bond donors (Lipinski definition) is 3. The number of carbonyl (C=O) groups excluding carboxylic acids is 1. The van der Waals surface area contributed by atoms with Crippen LogP contribution >= 0.6 is 0 Å². The van der Waals surface area contributed by atoms with E-state index in [1.165, 1.54) is 16.8 Å². The summed E-state index contributed by atoms with van der Waals surface area (Å²) in [5.41, 5.74) is 4.58. The van der Waals surface area contributed by atoms with E-state index in [9.17, 15) is 14.0 Å². The first-order valence-corrected chi connectivity index (χ1v) is 6.72. The van der Waals surface area contributed by atoms with E-state index in [1.54, 1.807) is 0 Å². The number of aromatic carboxylic acids is 1. The number of nitrogens with one attached hydrogen (secondary N) is 1. The zero-order valence-electron chi connectivity index (χ0n) is 12.4. The lowest BCUT2D eigenvalue weighted by Crippen LogP contribution is -2.17. The number of nitrogen functional groups attached to an aromatic ring is 1. The molecule has 3 aromatic rings. The minimum atomic E-state index is -1.42. The summed E-state index contributed by atoms with van der Waals surface area (Å²) in [5.74, 6) is -0.895. The Bertz CT molecular complexity index is 1070. The Kier molecular flexibility index (Phi) is 3.74. The van der Waals surface area contributed by atoms with Gasteiger partial charge in [-0.25, -0.2) is 18.7 Å². The second-order valence-electron chi connectivity index (χ2n) is 4.81. The second-order valence-corrected chi connectivity index (χ2v) is 4.81. The smallest absolute Gasteiger partial charge is 0.337 e. The molecule has 1 aromatic carbocycles. The average molecular weight is 340 g/mol. The predicted octanol–water partition coefficient (Wildman–Crippen LogP) is 0.777. The van der Waals surface area contributed by atoms with Crippen LogP contribution in [0.2, 0.25) is 0 Å². The summed E-state index contributed by atoms with van der Waals surface area (Å²) in [6.45, 7) is 0. The summed E-state index contributed by atoms with van der Waals surface area (Å²) in [5, 5.41) is 15.3. The molecule has 0 saturated heterocycles. The molecule has 0 radical (unpaired) electrons. The largest absolute Gasteiger partial charge is 0.478 e. The third-order valence-corrected chi connectivity index (χ3v) is 3.20. The molecular weight excluding hydrogens is 331 g/mol. The van der Waals surface area contributed by atoms with Crippen molar-refractivity contribution in [2.45, 2.75) is 0 Å².